The van der Waals surface area contributed by atoms with Crippen LogP contribution in [0.3, 0.4) is 0 Å². The van der Waals surface area contributed by atoms with E-state index in [2.05, 4.69) is 49.4 Å². The van der Waals surface area contributed by atoms with Crippen LogP contribution < -0.4 is 5.32 Å². The first-order valence-corrected chi connectivity index (χ1v) is 7.07. The summed E-state index contributed by atoms with van der Waals surface area (Å²) in [5, 5.41) is 3.10. The van der Waals surface area contributed by atoms with Gasteiger partial charge in [-0.2, -0.15) is 0 Å². The molecule has 0 aliphatic heterocycles. The number of nitrogens with one attached hydrogen (secondary N) is 1. The molecule has 2 heterocycles. The number of halogens is 1. The molecule has 3 rings (SSSR count). The Morgan fingerprint density at radius 3 is 2.67 bits per heavy atom. The molecule has 0 amide bonds. The van der Waals surface area contributed by atoms with Gasteiger partial charge in [0.25, 0.3) is 0 Å². The Labute approximate surface area is 117 Å². The number of anilines is 1. The molecule has 5 heteroatoms. The van der Waals surface area contributed by atoms with E-state index in [0.717, 1.165) is 20.5 Å². The van der Waals surface area contributed by atoms with Crippen molar-refractivity contribution < 1.29 is 0 Å². The van der Waals surface area contributed by atoms with Crippen molar-refractivity contribution in [3.63, 3.8) is 0 Å². The van der Waals surface area contributed by atoms with E-state index >= 15 is 0 Å². The van der Waals surface area contributed by atoms with E-state index in [-0.39, 0.29) is 0 Å². The highest BCUT2D eigenvalue weighted by Crippen LogP contribution is 2.35. The molecule has 0 aliphatic rings. The minimum atomic E-state index is 0.883. The molecular formula is C13H10BrN3S. The van der Waals surface area contributed by atoms with Gasteiger partial charge in [0.05, 0.1) is 10.2 Å². The van der Waals surface area contributed by atoms with Crippen LogP contribution in [0.4, 0.5) is 5.82 Å². The lowest BCUT2D eigenvalue weighted by atomic mass is 10.2. The minimum Gasteiger partial charge on any atom is -0.372 e. The summed E-state index contributed by atoms with van der Waals surface area (Å²) in [5.74, 6) is 0.883. The predicted molar refractivity (Wildman–Crippen MR) is 80.1 cm³/mol. The molecule has 0 saturated heterocycles. The lowest BCUT2D eigenvalue weighted by Gasteiger charge is -1.98. The predicted octanol–water partition coefficient (Wildman–Crippen LogP) is 4.16. The van der Waals surface area contributed by atoms with Gasteiger partial charge in [-0.3, -0.25) is 0 Å². The van der Waals surface area contributed by atoms with Crippen molar-refractivity contribution in [2.24, 2.45) is 0 Å². The Morgan fingerprint density at radius 2 is 1.94 bits per heavy atom. The summed E-state index contributed by atoms with van der Waals surface area (Å²) in [7, 11) is 1.88. The molecule has 0 spiro atoms. The smallest absolute Gasteiger partial charge is 0.147 e. The topological polar surface area (TPSA) is 37.8 Å². The molecule has 0 aliphatic carbocycles. The number of hydrogen-bond donors (Lipinski definition) is 1. The van der Waals surface area contributed by atoms with E-state index in [1.54, 1.807) is 17.7 Å². The third-order valence-electron chi connectivity index (χ3n) is 2.68. The van der Waals surface area contributed by atoms with Crippen molar-refractivity contribution in [3.8, 4) is 10.4 Å². The van der Waals surface area contributed by atoms with Crippen LogP contribution >= 0.6 is 27.3 Å². The lowest BCUT2D eigenvalue weighted by Crippen LogP contribution is -1.91. The Kier molecular flexibility index (Phi) is 3.01. The zero-order valence-electron chi connectivity index (χ0n) is 9.64. The Bertz CT molecular complexity index is 691. The number of benzene rings is 1. The minimum absolute atomic E-state index is 0.883. The fourth-order valence-electron chi connectivity index (χ4n) is 1.79. The Hall–Kier alpha value is -1.46. The number of thiophene rings is 1. The van der Waals surface area contributed by atoms with Crippen molar-refractivity contribution in [1.82, 2.24) is 9.97 Å². The quantitative estimate of drug-likeness (QED) is 0.770. The maximum atomic E-state index is 4.30. The summed E-state index contributed by atoms with van der Waals surface area (Å²) in [6, 6.07) is 10.4. The molecule has 0 bridgehead atoms. The van der Waals surface area contributed by atoms with Gasteiger partial charge in [-0.25, -0.2) is 9.97 Å². The van der Waals surface area contributed by atoms with Gasteiger partial charge in [0.2, 0.25) is 0 Å². The van der Waals surface area contributed by atoms with E-state index in [0.29, 0.717) is 0 Å². The maximum absolute atomic E-state index is 4.30. The molecule has 0 atom stereocenters. The monoisotopic (exact) mass is 319 g/mol. The molecule has 0 unspecified atom stereocenters. The van der Waals surface area contributed by atoms with E-state index in [9.17, 15) is 0 Å². The number of fused-ring (bicyclic) bond motifs is 1. The van der Waals surface area contributed by atoms with E-state index in [1.807, 2.05) is 19.2 Å². The number of nitrogens with zero attached hydrogens (tertiary/aromatic N) is 2. The second kappa shape index (κ2) is 4.66. The average Bonchev–Trinajstić information content (AvgIpc) is 2.83. The first-order valence-electron chi connectivity index (χ1n) is 5.46. The average molecular weight is 320 g/mol. The van der Waals surface area contributed by atoms with Gasteiger partial charge in [-0.05, 0) is 23.8 Å². The zero-order chi connectivity index (χ0) is 12.5. The summed E-state index contributed by atoms with van der Waals surface area (Å²) < 4.78 is 2.18. The van der Waals surface area contributed by atoms with E-state index in [1.165, 1.54) is 10.4 Å². The largest absolute Gasteiger partial charge is 0.372 e. The van der Waals surface area contributed by atoms with E-state index < -0.39 is 0 Å². The molecule has 18 heavy (non-hydrogen) atoms. The standard InChI is InChI=1S/C13H10BrN3S/c1-15-13-12-10(16-7-17-13)6-11(18-12)8-2-4-9(14)5-3-8/h2-7H,1H3,(H,15,16,17). The summed E-state index contributed by atoms with van der Waals surface area (Å²) in [4.78, 5) is 9.73. The molecule has 3 nitrogen and oxygen atoms in total. The second-order valence-corrected chi connectivity index (χ2v) is 5.77. The highest BCUT2D eigenvalue weighted by atomic mass is 79.9. The van der Waals surface area contributed by atoms with Gasteiger partial charge >= 0.3 is 0 Å². The highest BCUT2D eigenvalue weighted by Gasteiger charge is 2.09. The van der Waals surface area contributed by atoms with Crippen LogP contribution in [0.5, 0.6) is 0 Å². The van der Waals surface area contributed by atoms with Gasteiger partial charge in [0.15, 0.2) is 0 Å². The second-order valence-electron chi connectivity index (χ2n) is 3.80. The zero-order valence-corrected chi connectivity index (χ0v) is 12.0. The SMILES string of the molecule is CNc1ncnc2cc(-c3ccc(Br)cc3)sc12. The number of rotatable bonds is 2. The van der Waals surface area contributed by atoms with Crippen LogP contribution in [-0.2, 0) is 0 Å². The fraction of sp³-hybridized carbons (Fsp3) is 0.0769. The van der Waals surface area contributed by atoms with Crippen LogP contribution in [0, 0.1) is 0 Å². The molecule has 0 fully saturated rings. The third kappa shape index (κ3) is 2.00. The van der Waals surface area contributed by atoms with Crippen LogP contribution in [0.15, 0.2) is 41.1 Å². The molecule has 1 N–H and O–H groups in total. The summed E-state index contributed by atoms with van der Waals surface area (Å²) in [5.41, 5.74) is 2.18. The molecular weight excluding hydrogens is 310 g/mol. The van der Waals surface area contributed by atoms with Crippen molar-refractivity contribution in [2.75, 3.05) is 12.4 Å². The fourth-order valence-corrected chi connectivity index (χ4v) is 3.17. The molecule has 2 aromatic heterocycles. The maximum Gasteiger partial charge on any atom is 0.147 e. The van der Waals surface area contributed by atoms with Crippen molar-refractivity contribution in [3.05, 3.63) is 41.1 Å². The van der Waals surface area contributed by atoms with Gasteiger partial charge in [0.1, 0.15) is 12.1 Å². The van der Waals surface area contributed by atoms with Gasteiger partial charge in [-0.1, -0.05) is 28.1 Å². The molecule has 90 valence electrons. The third-order valence-corrected chi connectivity index (χ3v) is 4.39. The normalized spacial score (nSPS) is 10.8. The number of hydrogen-bond acceptors (Lipinski definition) is 4. The summed E-state index contributed by atoms with van der Waals surface area (Å²) >= 11 is 5.15. The molecule has 3 aromatic rings. The molecule has 1 aromatic carbocycles. The van der Waals surface area contributed by atoms with Crippen LogP contribution in [0.2, 0.25) is 0 Å². The van der Waals surface area contributed by atoms with Gasteiger partial charge in [0, 0.05) is 16.4 Å². The van der Waals surface area contributed by atoms with Crippen LogP contribution in [-0.4, -0.2) is 17.0 Å². The molecule has 0 radical (unpaired) electrons. The van der Waals surface area contributed by atoms with E-state index in [4.69, 9.17) is 0 Å². The van der Waals surface area contributed by atoms with Crippen molar-refractivity contribution in [2.45, 2.75) is 0 Å². The van der Waals surface area contributed by atoms with Gasteiger partial charge < -0.3 is 5.32 Å². The van der Waals surface area contributed by atoms with Crippen molar-refractivity contribution >= 4 is 43.3 Å². The first-order chi connectivity index (χ1) is 8.78. The molecule has 0 saturated carbocycles. The first kappa shape index (κ1) is 11.6. The highest BCUT2D eigenvalue weighted by molar-refractivity contribution is 9.10. The Morgan fingerprint density at radius 1 is 1.17 bits per heavy atom. The summed E-state index contributed by atoms with van der Waals surface area (Å²) in [6.07, 6.45) is 1.59. The van der Waals surface area contributed by atoms with Crippen LogP contribution in [0.1, 0.15) is 0 Å². The lowest BCUT2D eigenvalue weighted by molar-refractivity contribution is 1.22. The number of aromatic nitrogens is 2. The van der Waals surface area contributed by atoms with Crippen LogP contribution in [0.25, 0.3) is 20.7 Å². The van der Waals surface area contributed by atoms with Gasteiger partial charge in [-0.15, -0.1) is 11.3 Å². The van der Waals surface area contributed by atoms with Crippen molar-refractivity contribution in [1.29, 1.82) is 0 Å². The Balaban J connectivity index is 2.16. The summed E-state index contributed by atoms with van der Waals surface area (Å²) in [6.45, 7) is 0.